The van der Waals surface area contributed by atoms with Crippen molar-refractivity contribution in [3.63, 3.8) is 0 Å². The van der Waals surface area contributed by atoms with Crippen LogP contribution in [-0.2, 0) is 6.54 Å². The summed E-state index contributed by atoms with van der Waals surface area (Å²) in [6.07, 6.45) is 0. The summed E-state index contributed by atoms with van der Waals surface area (Å²) in [6.45, 7) is 3.48. The van der Waals surface area contributed by atoms with Crippen molar-refractivity contribution in [1.82, 2.24) is 10.3 Å². The van der Waals surface area contributed by atoms with Crippen LogP contribution < -0.4 is 11.1 Å². The molecule has 0 aliphatic rings. The Morgan fingerprint density at radius 2 is 2.33 bits per heavy atom. The largest absolute Gasteiger partial charge is 0.329 e. The zero-order chi connectivity index (χ0) is 13.0. The Hall–Kier alpha value is -0.750. The van der Waals surface area contributed by atoms with E-state index in [1.54, 1.807) is 11.3 Å². The molecule has 1 heterocycles. The van der Waals surface area contributed by atoms with E-state index in [1.165, 1.54) is 0 Å². The third kappa shape index (κ3) is 3.62. The molecule has 1 aromatic carbocycles. The first-order chi connectivity index (χ1) is 8.69. The van der Waals surface area contributed by atoms with Crippen molar-refractivity contribution in [3.8, 4) is 10.6 Å². The fraction of sp³-hybridized carbons (Fsp3) is 0.308. The number of nitrogens with zero attached hydrogens (tertiary/aromatic N) is 1. The molecule has 0 fully saturated rings. The average Bonchev–Trinajstić information content (AvgIpc) is 2.84. The molecule has 0 radical (unpaired) electrons. The highest BCUT2D eigenvalue weighted by atomic mass is 79.9. The number of nitrogens with one attached hydrogen (secondary N) is 1. The number of rotatable bonds is 5. The van der Waals surface area contributed by atoms with Gasteiger partial charge in [0.25, 0.3) is 0 Å². The highest BCUT2D eigenvalue weighted by molar-refractivity contribution is 9.10. The monoisotopic (exact) mass is 325 g/mol. The zero-order valence-electron chi connectivity index (χ0n) is 10.2. The van der Waals surface area contributed by atoms with Gasteiger partial charge >= 0.3 is 0 Å². The van der Waals surface area contributed by atoms with Gasteiger partial charge in [-0.05, 0) is 19.1 Å². The molecule has 18 heavy (non-hydrogen) atoms. The van der Waals surface area contributed by atoms with Gasteiger partial charge < -0.3 is 11.1 Å². The van der Waals surface area contributed by atoms with Gasteiger partial charge in [0, 0.05) is 34.5 Å². The van der Waals surface area contributed by atoms with E-state index in [9.17, 15) is 0 Å². The van der Waals surface area contributed by atoms with Gasteiger partial charge in [-0.1, -0.05) is 28.1 Å². The van der Waals surface area contributed by atoms with E-state index in [0.29, 0.717) is 12.6 Å². The Morgan fingerprint density at radius 3 is 3.06 bits per heavy atom. The van der Waals surface area contributed by atoms with E-state index >= 15 is 0 Å². The van der Waals surface area contributed by atoms with Gasteiger partial charge in [-0.2, -0.15) is 0 Å². The summed E-state index contributed by atoms with van der Waals surface area (Å²) < 4.78 is 1.08. The Balaban J connectivity index is 2.06. The smallest absolute Gasteiger partial charge is 0.123 e. The van der Waals surface area contributed by atoms with E-state index in [2.05, 4.69) is 50.7 Å². The van der Waals surface area contributed by atoms with Crippen LogP contribution in [0.4, 0.5) is 0 Å². The maximum absolute atomic E-state index is 5.56. The molecule has 5 heteroatoms. The van der Waals surface area contributed by atoms with Crippen molar-refractivity contribution in [3.05, 3.63) is 39.8 Å². The maximum Gasteiger partial charge on any atom is 0.123 e. The summed E-state index contributed by atoms with van der Waals surface area (Å²) >= 11 is 5.14. The van der Waals surface area contributed by atoms with Crippen molar-refractivity contribution < 1.29 is 0 Å². The lowest BCUT2D eigenvalue weighted by Gasteiger charge is -2.08. The minimum absolute atomic E-state index is 0.320. The normalized spacial score (nSPS) is 12.6. The van der Waals surface area contributed by atoms with E-state index in [1.807, 2.05) is 12.1 Å². The molecule has 0 aliphatic carbocycles. The van der Waals surface area contributed by atoms with Crippen molar-refractivity contribution >= 4 is 27.3 Å². The summed E-state index contributed by atoms with van der Waals surface area (Å²) in [5.74, 6) is 0. The van der Waals surface area contributed by atoms with E-state index in [4.69, 9.17) is 5.73 Å². The van der Waals surface area contributed by atoms with Crippen LogP contribution in [0, 0.1) is 0 Å². The number of benzene rings is 1. The van der Waals surface area contributed by atoms with Crippen LogP contribution in [0.15, 0.2) is 34.1 Å². The highest BCUT2D eigenvalue weighted by Crippen LogP contribution is 2.26. The van der Waals surface area contributed by atoms with Gasteiger partial charge in [0.05, 0.1) is 5.69 Å². The third-order valence-corrected chi connectivity index (χ3v) is 4.04. The van der Waals surface area contributed by atoms with Gasteiger partial charge in [0.1, 0.15) is 5.01 Å². The highest BCUT2D eigenvalue weighted by Gasteiger charge is 2.06. The molecule has 0 aliphatic heterocycles. The second-order valence-corrected chi connectivity index (χ2v) is 5.95. The molecule has 96 valence electrons. The summed E-state index contributed by atoms with van der Waals surface area (Å²) in [6, 6.07) is 8.51. The fourth-order valence-corrected chi connectivity index (χ4v) is 2.72. The molecule has 0 saturated carbocycles. The Bertz CT molecular complexity index is 512. The zero-order valence-corrected chi connectivity index (χ0v) is 12.6. The van der Waals surface area contributed by atoms with E-state index in [-0.39, 0.29) is 0 Å². The molecule has 0 saturated heterocycles. The summed E-state index contributed by atoms with van der Waals surface area (Å²) in [4.78, 5) is 4.62. The van der Waals surface area contributed by atoms with E-state index < -0.39 is 0 Å². The predicted octanol–water partition coefficient (Wildman–Crippen LogP) is 3.01. The number of hydrogen-bond donors (Lipinski definition) is 2. The molecule has 3 nitrogen and oxygen atoms in total. The minimum Gasteiger partial charge on any atom is -0.329 e. The molecular formula is C13H16BrN3S. The second kappa shape index (κ2) is 6.43. The molecular weight excluding hydrogens is 310 g/mol. The topological polar surface area (TPSA) is 50.9 Å². The van der Waals surface area contributed by atoms with Crippen molar-refractivity contribution in [1.29, 1.82) is 0 Å². The summed E-state index contributed by atoms with van der Waals surface area (Å²) in [5, 5.41) is 6.47. The number of halogens is 1. The molecule has 2 aromatic rings. The number of hydrogen-bond acceptors (Lipinski definition) is 4. The molecule has 0 bridgehead atoms. The van der Waals surface area contributed by atoms with Crippen LogP contribution >= 0.6 is 27.3 Å². The van der Waals surface area contributed by atoms with Crippen LogP contribution in [-0.4, -0.2) is 17.6 Å². The quantitative estimate of drug-likeness (QED) is 0.888. The number of thiazole rings is 1. The van der Waals surface area contributed by atoms with Crippen LogP contribution in [0.1, 0.15) is 12.6 Å². The summed E-state index contributed by atoms with van der Waals surface area (Å²) in [7, 11) is 0. The minimum atomic E-state index is 0.320. The van der Waals surface area contributed by atoms with Crippen LogP contribution in [0.25, 0.3) is 10.6 Å². The molecule has 0 spiro atoms. The van der Waals surface area contributed by atoms with Gasteiger partial charge in [0.15, 0.2) is 0 Å². The molecule has 2 rings (SSSR count). The van der Waals surface area contributed by atoms with Crippen LogP contribution in [0.5, 0.6) is 0 Å². The molecule has 1 atom stereocenters. The Morgan fingerprint density at radius 1 is 1.50 bits per heavy atom. The molecule has 3 N–H and O–H groups in total. The SMILES string of the molecule is C[C@H](CN)NCc1csc(-c2cccc(Br)c2)n1. The first-order valence-electron chi connectivity index (χ1n) is 5.83. The van der Waals surface area contributed by atoms with E-state index in [0.717, 1.165) is 27.3 Å². The lowest BCUT2D eigenvalue weighted by atomic mass is 10.2. The van der Waals surface area contributed by atoms with Gasteiger partial charge in [-0.25, -0.2) is 4.98 Å². The lowest BCUT2D eigenvalue weighted by Crippen LogP contribution is -2.32. The van der Waals surface area contributed by atoms with Crippen LogP contribution in [0.2, 0.25) is 0 Å². The van der Waals surface area contributed by atoms with Crippen molar-refractivity contribution in [2.24, 2.45) is 5.73 Å². The average molecular weight is 326 g/mol. The number of aromatic nitrogens is 1. The van der Waals surface area contributed by atoms with Gasteiger partial charge in [0.2, 0.25) is 0 Å². The molecule has 0 unspecified atom stereocenters. The van der Waals surface area contributed by atoms with Crippen molar-refractivity contribution in [2.75, 3.05) is 6.54 Å². The molecule has 1 aromatic heterocycles. The second-order valence-electron chi connectivity index (χ2n) is 4.17. The predicted molar refractivity (Wildman–Crippen MR) is 80.6 cm³/mol. The Kier molecular flexibility index (Phi) is 4.88. The van der Waals surface area contributed by atoms with Gasteiger partial charge in [-0.3, -0.25) is 0 Å². The third-order valence-electron chi connectivity index (χ3n) is 2.61. The van der Waals surface area contributed by atoms with Gasteiger partial charge in [-0.15, -0.1) is 11.3 Å². The first kappa shape index (κ1) is 13.7. The molecule has 0 amide bonds. The standard InChI is InChI=1S/C13H16BrN3S/c1-9(6-15)16-7-12-8-18-13(17-12)10-3-2-4-11(14)5-10/h2-5,8-9,16H,6-7,15H2,1H3/t9-/m1/s1. The maximum atomic E-state index is 5.56. The Labute approximate surface area is 120 Å². The fourth-order valence-electron chi connectivity index (χ4n) is 1.50. The lowest BCUT2D eigenvalue weighted by molar-refractivity contribution is 0.552. The summed E-state index contributed by atoms with van der Waals surface area (Å²) in [5.41, 5.74) is 7.77. The van der Waals surface area contributed by atoms with Crippen molar-refractivity contribution in [2.45, 2.75) is 19.5 Å². The number of nitrogens with two attached hydrogens (primary N) is 1. The first-order valence-corrected chi connectivity index (χ1v) is 7.50. The van der Waals surface area contributed by atoms with Crippen LogP contribution in [0.3, 0.4) is 0 Å².